The van der Waals surface area contributed by atoms with E-state index < -0.39 is 0 Å². The smallest absolute Gasteiger partial charge is 0.213 e. The molecular formula is C36H31N2OS+. The number of furan rings is 1. The van der Waals surface area contributed by atoms with Gasteiger partial charge in [0, 0.05) is 61.4 Å². The Morgan fingerprint density at radius 1 is 0.975 bits per heavy atom. The molecule has 0 amide bonds. The number of benzene rings is 3. The third-order valence-electron chi connectivity index (χ3n) is 8.97. The van der Waals surface area contributed by atoms with Crippen LogP contribution in [0.15, 0.2) is 101 Å². The molecule has 3 nitrogen and oxygen atoms in total. The highest BCUT2D eigenvalue weighted by molar-refractivity contribution is 7.17. The van der Waals surface area contributed by atoms with Crippen LogP contribution < -0.4 is 9.88 Å². The van der Waals surface area contributed by atoms with Crippen LogP contribution in [0.4, 0.5) is 0 Å². The fourth-order valence-corrected chi connectivity index (χ4v) is 7.93. The van der Waals surface area contributed by atoms with E-state index in [-0.39, 0.29) is 6.04 Å². The Hall–Kier alpha value is -4.15. The van der Waals surface area contributed by atoms with Gasteiger partial charge in [-0.15, -0.1) is 11.3 Å². The van der Waals surface area contributed by atoms with E-state index in [1.165, 1.54) is 59.9 Å². The predicted molar refractivity (Wildman–Crippen MR) is 167 cm³/mol. The van der Waals surface area contributed by atoms with E-state index in [9.17, 15) is 0 Å². The van der Waals surface area contributed by atoms with Crippen molar-refractivity contribution in [3.05, 3.63) is 119 Å². The van der Waals surface area contributed by atoms with Gasteiger partial charge in [-0.1, -0.05) is 43.0 Å². The number of allylic oxidation sites excluding steroid dienone is 1. The Kier molecular flexibility index (Phi) is 5.30. The molecule has 0 saturated heterocycles. The first-order valence-electron chi connectivity index (χ1n) is 14.2. The number of aromatic nitrogens is 1. The summed E-state index contributed by atoms with van der Waals surface area (Å²) in [4.78, 5) is 0. The monoisotopic (exact) mass is 539 g/mol. The minimum absolute atomic E-state index is 0.193. The lowest BCUT2D eigenvalue weighted by Gasteiger charge is -2.33. The summed E-state index contributed by atoms with van der Waals surface area (Å²) in [6.45, 7) is 9.69. The summed E-state index contributed by atoms with van der Waals surface area (Å²) in [5, 5.41) is 9.52. The number of fused-ring (bicyclic) bond motifs is 13. The van der Waals surface area contributed by atoms with Crippen LogP contribution in [-0.2, 0) is 6.42 Å². The van der Waals surface area contributed by atoms with Gasteiger partial charge in [0.2, 0.25) is 5.69 Å². The zero-order valence-corrected chi connectivity index (χ0v) is 23.6. The summed E-state index contributed by atoms with van der Waals surface area (Å²) < 4.78 is 10.5. The second-order valence-electron chi connectivity index (χ2n) is 11.2. The first-order valence-corrected chi connectivity index (χ1v) is 15.0. The molecule has 3 aromatic carbocycles. The molecule has 8 rings (SSSR count). The SMILES string of the molecule is C=C1CN/C(=C\C)c2c(ccc3c2oc2c4ccsc4ccc32)CCC2c3ccccc3-c3ccc(C)c[n+]3C12. The number of nitrogens with zero attached hydrogens (tertiary/aromatic N) is 1. The topological polar surface area (TPSA) is 29.1 Å². The molecule has 2 aliphatic rings. The van der Waals surface area contributed by atoms with E-state index in [4.69, 9.17) is 11.0 Å². The summed E-state index contributed by atoms with van der Waals surface area (Å²) in [6.07, 6.45) is 6.50. The Balaban J connectivity index is 1.33. The highest BCUT2D eigenvalue weighted by Gasteiger charge is 2.41. The Morgan fingerprint density at radius 2 is 1.82 bits per heavy atom. The van der Waals surface area contributed by atoms with Crippen molar-refractivity contribution < 1.29 is 8.98 Å². The number of hydrogen-bond acceptors (Lipinski definition) is 3. The van der Waals surface area contributed by atoms with E-state index in [1.807, 2.05) is 0 Å². The molecule has 196 valence electrons. The van der Waals surface area contributed by atoms with E-state index in [0.29, 0.717) is 12.5 Å². The Morgan fingerprint density at radius 3 is 2.73 bits per heavy atom. The highest BCUT2D eigenvalue weighted by Crippen LogP contribution is 2.45. The molecular weight excluding hydrogens is 508 g/mol. The molecule has 2 atom stereocenters. The molecule has 1 N–H and O–H groups in total. The summed E-state index contributed by atoms with van der Waals surface area (Å²) in [5.74, 6) is 0.335. The molecule has 0 saturated carbocycles. The first-order chi connectivity index (χ1) is 19.6. The fourth-order valence-electron chi connectivity index (χ4n) is 7.15. The highest BCUT2D eigenvalue weighted by atomic mass is 32.1. The van der Waals surface area contributed by atoms with Crippen molar-refractivity contribution in [2.75, 3.05) is 6.54 Å². The van der Waals surface area contributed by atoms with Crippen LogP contribution in [0.5, 0.6) is 0 Å². The van der Waals surface area contributed by atoms with Crippen molar-refractivity contribution in [3.63, 3.8) is 0 Å². The molecule has 5 heterocycles. The molecule has 6 aromatic rings. The summed E-state index contributed by atoms with van der Waals surface area (Å²) >= 11 is 1.76. The maximum absolute atomic E-state index is 6.77. The van der Waals surface area contributed by atoms with Crippen LogP contribution in [-0.4, -0.2) is 6.54 Å². The van der Waals surface area contributed by atoms with Crippen LogP contribution in [0.3, 0.4) is 0 Å². The number of thiophene rings is 1. The summed E-state index contributed by atoms with van der Waals surface area (Å²) in [6, 6.07) is 24.9. The molecule has 3 aromatic heterocycles. The number of nitrogens with one attached hydrogen (secondary N) is 1. The van der Waals surface area contributed by atoms with E-state index >= 15 is 0 Å². The molecule has 0 radical (unpaired) electrons. The van der Waals surface area contributed by atoms with Crippen molar-refractivity contribution in [3.8, 4) is 11.3 Å². The van der Waals surface area contributed by atoms with Gasteiger partial charge < -0.3 is 9.73 Å². The molecule has 4 heteroatoms. The lowest BCUT2D eigenvalue weighted by atomic mass is 9.76. The average Bonchev–Trinajstić information content (AvgIpc) is 3.60. The molecule has 0 fully saturated rings. The molecule has 0 bridgehead atoms. The second-order valence-corrected chi connectivity index (χ2v) is 12.2. The Labute approximate surface area is 238 Å². The van der Waals surface area contributed by atoms with Gasteiger partial charge in [0.25, 0.3) is 0 Å². The molecule has 40 heavy (non-hydrogen) atoms. The quantitative estimate of drug-likeness (QED) is 0.154. The van der Waals surface area contributed by atoms with Gasteiger partial charge >= 0.3 is 0 Å². The van der Waals surface area contributed by atoms with Gasteiger partial charge in [0.15, 0.2) is 12.2 Å². The van der Waals surface area contributed by atoms with E-state index in [0.717, 1.165) is 29.7 Å². The zero-order chi connectivity index (χ0) is 27.0. The van der Waals surface area contributed by atoms with E-state index in [2.05, 4.69) is 108 Å². The van der Waals surface area contributed by atoms with Crippen LogP contribution >= 0.6 is 11.3 Å². The molecule has 2 unspecified atom stereocenters. The largest absolute Gasteiger partial charge is 0.455 e. The minimum atomic E-state index is 0.193. The van der Waals surface area contributed by atoms with Gasteiger partial charge in [0.1, 0.15) is 11.2 Å². The van der Waals surface area contributed by atoms with Crippen molar-refractivity contribution in [1.29, 1.82) is 0 Å². The molecule has 0 spiro atoms. The van der Waals surface area contributed by atoms with Gasteiger partial charge in [-0.2, -0.15) is 4.57 Å². The maximum Gasteiger partial charge on any atom is 0.213 e. The van der Waals surface area contributed by atoms with Crippen molar-refractivity contribution in [2.45, 2.75) is 38.6 Å². The van der Waals surface area contributed by atoms with Crippen LogP contribution in [0.1, 0.15) is 47.6 Å². The standard InChI is InChI=1S/C36H31N2OS/c1-4-30-33-23(11-13-28-27-14-16-32-29(17-18-40-32)35(27)39-36(28)33)10-12-26-24-7-5-6-8-25(24)31-15-9-21(2)20-38(31)34(26)22(3)19-37-30/h4-9,11,13-18,20,26,34,37H,3,10,12,19H2,1-2H3/q+1/b30-4-. The Bertz CT molecular complexity index is 2020. The molecule has 2 aliphatic heterocycles. The fraction of sp³-hybridized carbons (Fsp3) is 0.194. The number of pyridine rings is 1. The van der Waals surface area contributed by atoms with Crippen LogP contribution in [0.25, 0.3) is 49.0 Å². The van der Waals surface area contributed by atoms with Gasteiger partial charge in [-0.3, -0.25) is 0 Å². The maximum atomic E-state index is 6.77. The van der Waals surface area contributed by atoms with Crippen LogP contribution in [0.2, 0.25) is 0 Å². The predicted octanol–water partition coefficient (Wildman–Crippen LogP) is 8.85. The number of aryl methyl sites for hydroxylation is 2. The minimum Gasteiger partial charge on any atom is -0.455 e. The lowest BCUT2D eigenvalue weighted by Crippen LogP contribution is -2.49. The zero-order valence-electron chi connectivity index (χ0n) is 22.8. The van der Waals surface area contributed by atoms with Gasteiger partial charge in [-0.25, -0.2) is 0 Å². The summed E-state index contributed by atoms with van der Waals surface area (Å²) in [5.41, 5.74) is 12.1. The van der Waals surface area contributed by atoms with Crippen LogP contribution in [0, 0.1) is 6.92 Å². The lowest BCUT2D eigenvalue weighted by molar-refractivity contribution is -0.709. The van der Waals surface area contributed by atoms with Crippen molar-refractivity contribution >= 4 is 49.1 Å². The number of hydrogen-bond donors (Lipinski definition) is 1. The van der Waals surface area contributed by atoms with Crippen molar-refractivity contribution in [1.82, 2.24) is 5.32 Å². The second kappa shape index (κ2) is 8.94. The van der Waals surface area contributed by atoms with Gasteiger partial charge in [0.05, 0.1) is 5.92 Å². The first kappa shape index (κ1) is 23.7. The third kappa shape index (κ3) is 3.39. The average molecular weight is 540 g/mol. The summed E-state index contributed by atoms with van der Waals surface area (Å²) in [7, 11) is 0. The van der Waals surface area contributed by atoms with E-state index in [1.54, 1.807) is 11.3 Å². The normalized spacial score (nSPS) is 19.8. The molecule has 0 aliphatic carbocycles. The van der Waals surface area contributed by atoms with Crippen molar-refractivity contribution in [2.24, 2.45) is 0 Å². The number of rotatable bonds is 0. The van der Waals surface area contributed by atoms with Gasteiger partial charge in [-0.05, 0) is 73.5 Å². The third-order valence-corrected chi connectivity index (χ3v) is 9.86.